The van der Waals surface area contributed by atoms with E-state index in [2.05, 4.69) is 26.7 Å². The quantitative estimate of drug-likeness (QED) is 0.841. The van der Waals surface area contributed by atoms with E-state index < -0.39 is 0 Å². The summed E-state index contributed by atoms with van der Waals surface area (Å²) in [5.74, 6) is 1.07. The van der Waals surface area contributed by atoms with E-state index in [0.717, 1.165) is 30.2 Å². The molecule has 6 heteroatoms. The molecule has 0 N–H and O–H groups in total. The third-order valence-corrected chi connectivity index (χ3v) is 4.16. The highest BCUT2D eigenvalue weighted by Gasteiger charge is 2.18. The minimum absolute atomic E-state index is 0.506. The van der Waals surface area contributed by atoms with Gasteiger partial charge in [-0.15, -0.1) is 10.2 Å². The fourth-order valence-corrected chi connectivity index (χ4v) is 3.23. The van der Waals surface area contributed by atoms with Crippen molar-refractivity contribution in [1.82, 2.24) is 19.7 Å². The maximum Gasteiger partial charge on any atom is 0.207 e. The van der Waals surface area contributed by atoms with Crippen LogP contribution in [0.4, 0.5) is 0 Å². The number of aryl methyl sites for hydroxylation is 2. The molecule has 2 aromatic rings. The molecule has 2 heterocycles. The van der Waals surface area contributed by atoms with Crippen molar-refractivity contribution in [2.45, 2.75) is 39.2 Å². The number of fused-ring (bicyclic) bond motifs is 1. The molecule has 17 heavy (non-hydrogen) atoms. The van der Waals surface area contributed by atoms with Crippen LogP contribution in [0.1, 0.15) is 35.1 Å². The maximum absolute atomic E-state index is 5.80. The number of aromatic nitrogens is 4. The second-order valence-corrected chi connectivity index (χ2v) is 5.94. The predicted molar refractivity (Wildman–Crippen MR) is 67.6 cm³/mol. The third-order valence-electron chi connectivity index (χ3n) is 3.16. The van der Waals surface area contributed by atoms with Gasteiger partial charge >= 0.3 is 0 Å². The van der Waals surface area contributed by atoms with Gasteiger partial charge in [0.1, 0.15) is 10.8 Å². The number of hydrogen-bond donors (Lipinski definition) is 0. The van der Waals surface area contributed by atoms with Crippen LogP contribution in [-0.4, -0.2) is 19.7 Å². The smallest absolute Gasteiger partial charge is 0.207 e. The molecule has 0 atom stereocenters. The first-order valence-electron chi connectivity index (χ1n) is 5.77. The Morgan fingerprint density at radius 3 is 2.88 bits per heavy atom. The molecular weight excluding hydrogens is 256 g/mol. The zero-order valence-electron chi connectivity index (χ0n) is 9.61. The number of imidazole rings is 1. The number of halogens is 1. The largest absolute Gasteiger partial charge is 0.325 e. The predicted octanol–water partition coefficient (Wildman–Crippen LogP) is 2.62. The van der Waals surface area contributed by atoms with Gasteiger partial charge in [0.2, 0.25) is 4.47 Å². The van der Waals surface area contributed by atoms with E-state index in [1.54, 1.807) is 0 Å². The van der Waals surface area contributed by atoms with Crippen molar-refractivity contribution in [2.24, 2.45) is 0 Å². The van der Waals surface area contributed by atoms with Gasteiger partial charge < -0.3 is 4.57 Å². The summed E-state index contributed by atoms with van der Waals surface area (Å²) in [5.41, 5.74) is 2.64. The highest BCUT2D eigenvalue weighted by atomic mass is 35.5. The standard InChI is InChI=1S/C11H13ClN4S/c1-7-13-8-4-2-3-5-9(8)16(7)6-10-14-15-11(12)17-10/h2-6H2,1H3. The Morgan fingerprint density at radius 2 is 2.12 bits per heavy atom. The van der Waals surface area contributed by atoms with E-state index in [1.807, 2.05) is 0 Å². The first-order chi connectivity index (χ1) is 8.24. The normalized spacial score (nSPS) is 14.9. The van der Waals surface area contributed by atoms with Crippen LogP contribution in [0.15, 0.2) is 0 Å². The Kier molecular flexibility index (Phi) is 2.88. The van der Waals surface area contributed by atoms with E-state index in [9.17, 15) is 0 Å². The molecule has 4 nitrogen and oxygen atoms in total. The van der Waals surface area contributed by atoms with Crippen LogP contribution in [0.25, 0.3) is 0 Å². The maximum atomic E-state index is 5.80. The van der Waals surface area contributed by atoms with Gasteiger partial charge in [0.05, 0.1) is 12.2 Å². The lowest BCUT2D eigenvalue weighted by Gasteiger charge is -2.13. The lowest BCUT2D eigenvalue weighted by molar-refractivity contribution is 0.622. The summed E-state index contributed by atoms with van der Waals surface area (Å²) in [7, 11) is 0. The molecular formula is C11H13ClN4S. The van der Waals surface area contributed by atoms with Gasteiger partial charge in [-0.3, -0.25) is 0 Å². The second kappa shape index (κ2) is 4.38. The molecule has 1 aliphatic carbocycles. The lowest BCUT2D eigenvalue weighted by Crippen LogP contribution is -2.10. The highest BCUT2D eigenvalue weighted by molar-refractivity contribution is 7.15. The molecule has 0 saturated carbocycles. The lowest BCUT2D eigenvalue weighted by atomic mass is 10.0. The number of hydrogen-bond acceptors (Lipinski definition) is 4. The van der Waals surface area contributed by atoms with Gasteiger partial charge in [0, 0.05) is 5.69 Å². The molecule has 0 aromatic carbocycles. The zero-order chi connectivity index (χ0) is 11.8. The molecule has 0 saturated heterocycles. The van der Waals surface area contributed by atoms with Crippen LogP contribution >= 0.6 is 22.9 Å². The molecule has 2 aromatic heterocycles. The van der Waals surface area contributed by atoms with Crippen molar-refractivity contribution in [3.63, 3.8) is 0 Å². The molecule has 0 aliphatic heterocycles. The summed E-state index contributed by atoms with van der Waals surface area (Å²) in [5, 5.41) is 8.86. The summed E-state index contributed by atoms with van der Waals surface area (Å²) >= 11 is 7.24. The van der Waals surface area contributed by atoms with Crippen LogP contribution < -0.4 is 0 Å². The number of rotatable bonds is 2. The van der Waals surface area contributed by atoms with E-state index >= 15 is 0 Å². The number of nitrogens with zero attached hydrogens (tertiary/aromatic N) is 4. The summed E-state index contributed by atoms with van der Waals surface area (Å²) < 4.78 is 2.76. The minimum Gasteiger partial charge on any atom is -0.325 e. The highest BCUT2D eigenvalue weighted by Crippen LogP contribution is 2.24. The molecule has 0 amide bonds. The first kappa shape index (κ1) is 11.2. The fourth-order valence-electron chi connectivity index (χ4n) is 2.38. The average molecular weight is 269 g/mol. The van der Waals surface area contributed by atoms with Crippen LogP contribution in [0, 0.1) is 6.92 Å². The second-order valence-electron chi connectivity index (χ2n) is 4.29. The van der Waals surface area contributed by atoms with Gasteiger partial charge in [-0.25, -0.2) is 4.98 Å². The average Bonchev–Trinajstić information content (AvgIpc) is 2.85. The minimum atomic E-state index is 0.506. The molecule has 3 rings (SSSR count). The molecule has 90 valence electrons. The van der Waals surface area contributed by atoms with Crippen LogP contribution in [0.5, 0.6) is 0 Å². The van der Waals surface area contributed by atoms with Crippen molar-refractivity contribution >= 4 is 22.9 Å². The van der Waals surface area contributed by atoms with E-state index in [4.69, 9.17) is 11.6 Å². The summed E-state index contributed by atoms with van der Waals surface area (Å²) in [6.45, 7) is 2.81. The summed E-state index contributed by atoms with van der Waals surface area (Å²) in [4.78, 5) is 4.64. The van der Waals surface area contributed by atoms with E-state index in [-0.39, 0.29) is 0 Å². The van der Waals surface area contributed by atoms with E-state index in [1.165, 1.54) is 35.6 Å². The Balaban J connectivity index is 1.94. The molecule has 0 unspecified atom stereocenters. The van der Waals surface area contributed by atoms with Crippen LogP contribution in [0.2, 0.25) is 4.47 Å². The van der Waals surface area contributed by atoms with Crippen molar-refractivity contribution in [2.75, 3.05) is 0 Å². The van der Waals surface area contributed by atoms with Crippen molar-refractivity contribution in [3.8, 4) is 0 Å². The van der Waals surface area contributed by atoms with Crippen LogP contribution in [0.3, 0.4) is 0 Å². The monoisotopic (exact) mass is 268 g/mol. The van der Waals surface area contributed by atoms with Gasteiger partial charge in [-0.05, 0) is 44.2 Å². The van der Waals surface area contributed by atoms with Gasteiger partial charge in [-0.2, -0.15) is 0 Å². The molecule has 0 bridgehead atoms. The van der Waals surface area contributed by atoms with Gasteiger partial charge in [0.15, 0.2) is 0 Å². The van der Waals surface area contributed by atoms with Crippen LogP contribution in [-0.2, 0) is 19.4 Å². The Bertz CT molecular complexity index is 546. The Morgan fingerprint density at radius 1 is 1.29 bits per heavy atom. The molecule has 0 spiro atoms. The third kappa shape index (κ3) is 2.09. The molecule has 1 aliphatic rings. The Labute approximate surface area is 109 Å². The fraction of sp³-hybridized carbons (Fsp3) is 0.545. The van der Waals surface area contributed by atoms with Crippen molar-refractivity contribution in [1.29, 1.82) is 0 Å². The zero-order valence-corrected chi connectivity index (χ0v) is 11.2. The summed E-state index contributed by atoms with van der Waals surface area (Å²) in [6, 6.07) is 0. The van der Waals surface area contributed by atoms with E-state index in [0.29, 0.717) is 4.47 Å². The Hall–Kier alpha value is -0.940. The molecule has 0 fully saturated rings. The van der Waals surface area contributed by atoms with Gasteiger partial charge in [0.25, 0.3) is 0 Å². The topological polar surface area (TPSA) is 43.6 Å². The SMILES string of the molecule is Cc1nc2c(n1Cc1nnc(Cl)s1)CCCC2. The summed E-state index contributed by atoms with van der Waals surface area (Å²) in [6.07, 6.45) is 4.76. The molecule has 0 radical (unpaired) electrons. The van der Waals surface area contributed by atoms with Crippen molar-refractivity contribution < 1.29 is 0 Å². The van der Waals surface area contributed by atoms with Gasteiger partial charge in [-0.1, -0.05) is 11.3 Å². The van der Waals surface area contributed by atoms with Crippen molar-refractivity contribution in [3.05, 3.63) is 26.7 Å². The first-order valence-corrected chi connectivity index (χ1v) is 6.96.